The van der Waals surface area contributed by atoms with Gasteiger partial charge in [0.25, 0.3) is 0 Å². The minimum Gasteiger partial charge on any atom is -0.327 e. The second-order valence-corrected chi connectivity index (χ2v) is 5.93. The number of ketones is 1. The van der Waals surface area contributed by atoms with Crippen molar-refractivity contribution in [3.8, 4) is 0 Å². The van der Waals surface area contributed by atoms with E-state index < -0.39 is 0 Å². The van der Waals surface area contributed by atoms with Gasteiger partial charge in [0.05, 0.1) is 0 Å². The second kappa shape index (κ2) is 5.97. The van der Waals surface area contributed by atoms with Crippen LogP contribution in [0.4, 0.5) is 0 Å². The lowest BCUT2D eigenvalue weighted by atomic mass is 9.86. The van der Waals surface area contributed by atoms with Crippen LogP contribution >= 0.6 is 0 Å². The molecular formula is C15H23NO. The van der Waals surface area contributed by atoms with Crippen LogP contribution in [0.2, 0.25) is 0 Å². The molecule has 0 heterocycles. The Morgan fingerprint density at radius 3 is 2.35 bits per heavy atom. The summed E-state index contributed by atoms with van der Waals surface area (Å²) in [4.78, 5) is 11.8. The van der Waals surface area contributed by atoms with Crippen molar-refractivity contribution in [3.63, 3.8) is 0 Å². The van der Waals surface area contributed by atoms with E-state index in [1.54, 1.807) is 0 Å². The predicted octanol–water partition coefficient (Wildman–Crippen LogP) is 2.95. The average Bonchev–Trinajstić information content (AvgIpc) is 2.15. The van der Waals surface area contributed by atoms with Gasteiger partial charge in [-0.1, -0.05) is 51.1 Å². The summed E-state index contributed by atoms with van der Waals surface area (Å²) in [5.41, 5.74) is 7.25. The van der Waals surface area contributed by atoms with Crippen LogP contribution in [0.3, 0.4) is 0 Å². The Balaban J connectivity index is 2.40. The highest BCUT2D eigenvalue weighted by Gasteiger charge is 2.18. The van der Waals surface area contributed by atoms with E-state index in [0.717, 1.165) is 12.0 Å². The van der Waals surface area contributed by atoms with Gasteiger partial charge in [-0.25, -0.2) is 0 Å². The van der Waals surface area contributed by atoms with Gasteiger partial charge < -0.3 is 5.73 Å². The summed E-state index contributed by atoms with van der Waals surface area (Å²) in [5, 5.41) is 0. The third-order valence-corrected chi connectivity index (χ3v) is 2.61. The Bertz CT molecular complexity index is 351. The number of carbonyl (C=O) groups excluding carboxylic acids is 1. The minimum absolute atomic E-state index is 0.0220. The second-order valence-electron chi connectivity index (χ2n) is 5.93. The molecule has 17 heavy (non-hydrogen) atoms. The van der Waals surface area contributed by atoms with Gasteiger partial charge in [-0.05, 0) is 17.4 Å². The molecule has 0 aliphatic carbocycles. The lowest BCUT2D eigenvalue weighted by molar-refractivity contribution is -0.118. The maximum atomic E-state index is 11.8. The Hall–Kier alpha value is -1.15. The summed E-state index contributed by atoms with van der Waals surface area (Å²) in [6.07, 6.45) is 1.86. The average molecular weight is 233 g/mol. The van der Waals surface area contributed by atoms with Crippen molar-refractivity contribution >= 4 is 5.78 Å². The van der Waals surface area contributed by atoms with E-state index in [9.17, 15) is 4.79 Å². The molecule has 2 nitrogen and oxygen atoms in total. The molecule has 0 saturated carbocycles. The van der Waals surface area contributed by atoms with Crippen LogP contribution in [-0.4, -0.2) is 11.8 Å². The number of hydrogen-bond acceptors (Lipinski definition) is 2. The monoisotopic (exact) mass is 233 g/mol. The molecule has 94 valence electrons. The highest BCUT2D eigenvalue weighted by molar-refractivity contribution is 5.81. The molecule has 0 radical (unpaired) electrons. The van der Waals surface area contributed by atoms with Crippen LogP contribution in [0, 0.1) is 5.41 Å². The fourth-order valence-corrected chi connectivity index (χ4v) is 2.05. The molecule has 0 spiro atoms. The Kier molecular flexibility index (Phi) is 4.88. The molecule has 0 aromatic heterocycles. The van der Waals surface area contributed by atoms with Crippen LogP contribution in [0.5, 0.6) is 0 Å². The molecule has 1 aromatic carbocycles. The van der Waals surface area contributed by atoms with Gasteiger partial charge >= 0.3 is 0 Å². The molecular weight excluding hydrogens is 210 g/mol. The van der Waals surface area contributed by atoms with Crippen molar-refractivity contribution in [3.05, 3.63) is 35.9 Å². The highest BCUT2D eigenvalue weighted by atomic mass is 16.1. The van der Waals surface area contributed by atoms with Crippen molar-refractivity contribution < 1.29 is 4.79 Å². The number of Topliss-reactive ketones (excluding diaryl/α,β-unsaturated/α-hetero) is 1. The van der Waals surface area contributed by atoms with Gasteiger partial charge in [0.1, 0.15) is 5.78 Å². The molecule has 0 saturated heterocycles. The summed E-state index contributed by atoms with van der Waals surface area (Å²) in [5.74, 6) is 0.230. The quantitative estimate of drug-likeness (QED) is 0.849. The van der Waals surface area contributed by atoms with Crippen molar-refractivity contribution in [1.29, 1.82) is 0 Å². The number of carbonyl (C=O) groups is 1. The lowest BCUT2D eigenvalue weighted by Crippen LogP contribution is -2.29. The third kappa shape index (κ3) is 6.22. The zero-order valence-electron chi connectivity index (χ0n) is 11.1. The minimum atomic E-state index is -0.0220. The first-order valence-corrected chi connectivity index (χ1v) is 6.18. The SMILES string of the molecule is CC(C)(C)CC(N)CC(=O)Cc1ccccc1. The molecule has 2 heteroatoms. The Labute approximate surface area is 104 Å². The standard InChI is InChI=1S/C15H23NO/c1-15(2,3)11-13(16)10-14(17)9-12-7-5-4-6-8-12/h4-8,13H,9-11,16H2,1-3H3. The lowest BCUT2D eigenvalue weighted by Gasteiger charge is -2.22. The smallest absolute Gasteiger partial charge is 0.138 e. The van der Waals surface area contributed by atoms with E-state index in [1.165, 1.54) is 0 Å². The van der Waals surface area contributed by atoms with Crippen molar-refractivity contribution in [2.45, 2.75) is 46.1 Å². The number of nitrogens with two attached hydrogens (primary N) is 1. The molecule has 0 aliphatic heterocycles. The largest absolute Gasteiger partial charge is 0.327 e. The predicted molar refractivity (Wildman–Crippen MR) is 71.8 cm³/mol. The Morgan fingerprint density at radius 2 is 1.82 bits per heavy atom. The summed E-state index contributed by atoms with van der Waals surface area (Å²) >= 11 is 0. The van der Waals surface area contributed by atoms with Crippen LogP contribution in [0.25, 0.3) is 0 Å². The van der Waals surface area contributed by atoms with E-state index in [-0.39, 0.29) is 17.2 Å². The van der Waals surface area contributed by atoms with Crippen LogP contribution in [-0.2, 0) is 11.2 Å². The first-order chi connectivity index (χ1) is 7.87. The molecule has 0 amide bonds. The fourth-order valence-electron chi connectivity index (χ4n) is 2.05. The molecule has 0 bridgehead atoms. The molecule has 0 aliphatic rings. The number of hydrogen-bond donors (Lipinski definition) is 1. The van der Waals surface area contributed by atoms with Gasteiger partial charge in [-0.15, -0.1) is 0 Å². The summed E-state index contributed by atoms with van der Waals surface area (Å²) in [6, 6.07) is 9.81. The fraction of sp³-hybridized carbons (Fsp3) is 0.533. The zero-order valence-corrected chi connectivity index (χ0v) is 11.1. The zero-order chi connectivity index (χ0) is 12.9. The number of rotatable bonds is 5. The molecule has 1 unspecified atom stereocenters. The van der Waals surface area contributed by atoms with Crippen molar-refractivity contribution in [2.24, 2.45) is 11.1 Å². The summed E-state index contributed by atoms with van der Waals surface area (Å²) in [6.45, 7) is 6.44. The first kappa shape index (κ1) is 13.9. The third-order valence-electron chi connectivity index (χ3n) is 2.61. The van der Waals surface area contributed by atoms with Crippen LogP contribution < -0.4 is 5.73 Å². The topological polar surface area (TPSA) is 43.1 Å². The van der Waals surface area contributed by atoms with Crippen LogP contribution in [0.1, 0.15) is 39.2 Å². The van der Waals surface area contributed by atoms with Gasteiger partial charge in [-0.2, -0.15) is 0 Å². The van der Waals surface area contributed by atoms with E-state index in [0.29, 0.717) is 12.8 Å². The molecule has 1 aromatic rings. The first-order valence-electron chi connectivity index (χ1n) is 6.18. The van der Waals surface area contributed by atoms with E-state index in [2.05, 4.69) is 20.8 Å². The van der Waals surface area contributed by atoms with Crippen LogP contribution in [0.15, 0.2) is 30.3 Å². The number of benzene rings is 1. The van der Waals surface area contributed by atoms with Gasteiger partial charge in [0.15, 0.2) is 0 Å². The highest BCUT2D eigenvalue weighted by Crippen LogP contribution is 2.21. The summed E-state index contributed by atoms with van der Waals surface area (Å²) < 4.78 is 0. The molecule has 1 rings (SSSR count). The maximum absolute atomic E-state index is 11.8. The summed E-state index contributed by atoms with van der Waals surface area (Å²) in [7, 11) is 0. The van der Waals surface area contributed by atoms with Crippen molar-refractivity contribution in [2.75, 3.05) is 0 Å². The maximum Gasteiger partial charge on any atom is 0.138 e. The van der Waals surface area contributed by atoms with E-state index >= 15 is 0 Å². The Morgan fingerprint density at radius 1 is 1.24 bits per heavy atom. The normalized spacial score (nSPS) is 13.4. The van der Waals surface area contributed by atoms with Gasteiger partial charge in [0.2, 0.25) is 0 Å². The van der Waals surface area contributed by atoms with E-state index in [1.807, 2.05) is 30.3 Å². The van der Waals surface area contributed by atoms with Gasteiger partial charge in [-0.3, -0.25) is 4.79 Å². The van der Waals surface area contributed by atoms with Gasteiger partial charge in [0, 0.05) is 18.9 Å². The molecule has 0 fully saturated rings. The van der Waals surface area contributed by atoms with E-state index in [4.69, 9.17) is 5.73 Å². The molecule has 2 N–H and O–H groups in total. The van der Waals surface area contributed by atoms with Crippen molar-refractivity contribution in [1.82, 2.24) is 0 Å². The molecule has 1 atom stereocenters.